The van der Waals surface area contributed by atoms with Crippen molar-refractivity contribution in [2.45, 2.75) is 34.1 Å². The van der Waals surface area contributed by atoms with Gasteiger partial charge in [-0.1, -0.05) is 73.7 Å². The lowest BCUT2D eigenvalue weighted by molar-refractivity contribution is 1.13. The van der Waals surface area contributed by atoms with Crippen molar-refractivity contribution in [2.75, 3.05) is 0 Å². The Hall–Kier alpha value is -2.67. The second kappa shape index (κ2) is 7.48. The third kappa shape index (κ3) is 3.15. The van der Waals surface area contributed by atoms with E-state index in [1.165, 1.54) is 27.6 Å². The van der Waals surface area contributed by atoms with E-state index in [4.69, 9.17) is 4.98 Å². The first-order valence-corrected chi connectivity index (χ1v) is 8.98. The Labute approximate surface area is 150 Å². The lowest BCUT2D eigenvalue weighted by atomic mass is 9.93. The van der Waals surface area contributed by atoms with Gasteiger partial charge >= 0.3 is 0 Å². The van der Waals surface area contributed by atoms with Gasteiger partial charge in [0.1, 0.15) is 0 Å². The number of fused-ring (bicyclic) bond motifs is 1. The van der Waals surface area contributed by atoms with Gasteiger partial charge in [0.25, 0.3) is 0 Å². The molecule has 0 unspecified atom stereocenters. The number of benzene rings is 2. The van der Waals surface area contributed by atoms with Crippen LogP contribution in [-0.4, -0.2) is 4.98 Å². The Morgan fingerprint density at radius 3 is 2.20 bits per heavy atom. The molecule has 0 saturated heterocycles. The molecule has 0 spiro atoms. The molecule has 0 fully saturated rings. The van der Waals surface area contributed by atoms with Crippen LogP contribution in [0.2, 0.25) is 0 Å². The topological polar surface area (TPSA) is 12.9 Å². The molecule has 2 aromatic carbocycles. The number of pyridine rings is 1. The van der Waals surface area contributed by atoms with Gasteiger partial charge in [-0.2, -0.15) is 0 Å². The Morgan fingerprint density at radius 1 is 0.880 bits per heavy atom. The van der Waals surface area contributed by atoms with Crippen LogP contribution >= 0.6 is 0 Å². The Balaban J connectivity index is 2.45. The van der Waals surface area contributed by atoms with Crippen LogP contribution in [0, 0.1) is 6.92 Å². The number of rotatable bonds is 4. The summed E-state index contributed by atoms with van der Waals surface area (Å²) in [5, 5.41) is 1.23. The average Bonchev–Trinajstić information content (AvgIpc) is 2.65. The minimum Gasteiger partial charge on any atom is -0.246 e. The standard InChI is InChI=1S/C24H25N/c1-5-11-20-17(4)21-16-15-18(7-3)22(12-6-2)24(21)25-23(20)19-13-9-8-10-14-19/h5-6,8-16H,7H2,1-4H3/b11-5-,12-6-. The maximum absolute atomic E-state index is 5.15. The third-order valence-corrected chi connectivity index (χ3v) is 4.69. The SMILES string of the molecule is C/C=C\c1c(-c2ccccc2)nc2c(/C=C\C)c(CC)ccc2c1C. The van der Waals surface area contributed by atoms with Crippen LogP contribution < -0.4 is 0 Å². The molecule has 0 N–H and O–H groups in total. The van der Waals surface area contributed by atoms with Crippen LogP contribution in [0.1, 0.15) is 43.0 Å². The third-order valence-electron chi connectivity index (χ3n) is 4.69. The zero-order valence-corrected chi connectivity index (χ0v) is 15.5. The van der Waals surface area contributed by atoms with Crippen molar-refractivity contribution in [1.29, 1.82) is 0 Å². The van der Waals surface area contributed by atoms with Crippen molar-refractivity contribution in [2.24, 2.45) is 0 Å². The number of hydrogen-bond donors (Lipinski definition) is 0. The van der Waals surface area contributed by atoms with Crippen molar-refractivity contribution in [1.82, 2.24) is 4.98 Å². The van der Waals surface area contributed by atoms with E-state index in [2.05, 4.69) is 88.4 Å². The molecular weight excluding hydrogens is 302 g/mol. The highest BCUT2D eigenvalue weighted by atomic mass is 14.7. The monoisotopic (exact) mass is 327 g/mol. The van der Waals surface area contributed by atoms with Gasteiger partial charge < -0.3 is 0 Å². The van der Waals surface area contributed by atoms with E-state index in [-0.39, 0.29) is 0 Å². The van der Waals surface area contributed by atoms with E-state index < -0.39 is 0 Å². The van der Waals surface area contributed by atoms with Crippen LogP contribution in [0.15, 0.2) is 54.6 Å². The van der Waals surface area contributed by atoms with Crippen molar-refractivity contribution in [3.8, 4) is 11.3 Å². The van der Waals surface area contributed by atoms with Gasteiger partial charge in [-0.05, 0) is 38.3 Å². The molecule has 3 rings (SSSR count). The predicted octanol–water partition coefficient (Wildman–Crippen LogP) is 6.84. The van der Waals surface area contributed by atoms with E-state index in [1.807, 2.05) is 6.07 Å². The van der Waals surface area contributed by atoms with Gasteiger partial charge in [0.05, 0.1) is 11.2 Å². The zero-order chi connectivity index (χ0) is 17.8. The smallest absolute Gasteiger partial charge is 0.0787 e. The van der Waals surface area contributed by atoms with Gasteiger partial charge in [0.15, 0.2) is 0 Å². The van der Waals surface area contributed by atoms with Crippen LogP contribution in [0.25, 0.3) is 34.3 Å². The van der Waals surface area contributed by atoms with Crippen LogP contribution in [-0.2, 0) is 6.42 Å². The fourth-order valence-corrected chi connectivity index (χ4v) is 3.42. The van der Waals surface area contributed by atoms with E-state index in [0.717, 1.165) is 23.2 Å². The number of aromatic nitrogens is 1. The van der Waals surface area contributed by atoms with Crippen molar-refractivity contribution < 1.29 is 0 Å². The largest absolute Gasteiger partial charge is 0.246 e. The summed E-state index contributed by atoms with van der Waals surface area (Å²) in [7, 11) is 0. The van der Waals surface area contributed by atoms with Gasteiger partial charge in [-0.25, -0.2) is 4.98 Å². The molecule has 0 aliphatic carbocycles. The quantitative estimate of drug-likeness (QED) is 0.511. The summed E-state index contributed by atoms with van der Waals surface area (Å²) < 4.78 is 0. The normalized spacial score (nSPS) is 11.8. The molecule has 3 aromatic rings. The summed E-state index contributed by atoms with van der Waals surface area (Å²) in [4.78, 5) is 5.15. The highest BCUT2D eigenvalue weighted by molar-refractivity contribution is 5.96. The zero-order valence-electron chi connectivity index (χ0n) is 15.5. The van der Waals surface area contributed by atoms with E-state index >= 15 is 0 Å². The predicted molar refractivity (Wildman–Crippen MR) is 111 cm³/mol. The summed E-state index contributed by atoms with van der Waals surface area (Å²) in [6, 6.07) is 14.9. The first-order valence-electron chi connectivity index (χ1n) is 8.98. The summed E-state index contributed by atoms with van der Waals surface area (Å²) in [6.07, 6.45) is 9.57. The van der Waals surface area contributed by atoms with Gasteiger partial charge in [-0.15, -0.1) is 0 Å². The molecule has 1 heterocycles. The molecule has 126 valence electrons. The lowest BCUT2D eigenvalue weighted by Crippen LogP contribution is -1.99. The highest BCUT2D eigenvalue weighted by Crippen LogP contribution is 2.33. The van der Waals surface area contributed by atoms with E-state index in [9.17, 15) is 0 Å². The van der Waals surface area contributed by atoms with Crippen molar-refractivity contribution >= 4 is 23.1 Å². The van der Waals surface area contributed by atoms with Crippen LogP contribution in [0.4, 0.5) is 0 Å². The Morgan fingerprint density at radius 2 is 1.56 bits per heavy atom. The Kier molecular flexibility index (Phi) is 5.14. The molecular formula is C24H25N. The van der Waals surface area contributed by atoms with Gasteiger partial charge in [0.2, 0.25) is 0 Å². The maximum Gasteiger partial charge on any atom is 0.0787 e. The second-order valence-electron chi connectivity index (χ2n) is 6.25. The Bertz CT molecular complexity index is 947. The highest BCUT2D eigenvalue weighted by Gasteiger charge is 2.15. The molecule has 25 heavy (non-hydrogen) atoms. The van der Waals surface area contributed by atoms with Gasteiger partial charge in [-0.3, -0.25) is 0 Å². The average molecular weight is 327 g/mol. The number of hydrogen-bond acceptors (Lipinski definition) is 1. The lowest BCUT2D eigenvalue weighted by Gasteiger charge is -2.16. The summed E-state index contributed by atoms with van der Waals surface area (Å²) in [5.41, 5.74) is 8.40. The molecule has 0 radical (unpaired) electrons. The fraction of sp³-hybridized carbons (Fsp3) is 0.208. The first kappa shape index (κ1) is 17.2. The van der Waals surface area contributed by atoms with Crippen LogP contribution in [0.5, 0.6) is 0 Å². The fourth-order valence-electron chi connectivity index (χ4n) is 3.42. The molecule has 1 heteroatoms. The molecule has 0 aliphatic heterocycles. The number of nitrogens with zero attached hydrogens (tertiary/aromatic N) is 1. The van der Waals surface area contributed by atoms with Crippen LogP contribution in [0.3, 0.4) is 0 Å². The summed E-state index contributed by atoms with van der Waals surface area (Å²) >= 11 is 0. The maximum atomic E-state index is 5.15. The number of allylic oxidation sites excluding steroid dienone is 2. The minimum atomic E-state index is 1.01. The number of aryl methyl sites for hydroxylation is 2. The molecule has 0 saturated carbocycles. The molecule has 0 aliphatic rings. The van der Waals surface area contributed by atoms with Crippen molar-refractivity contribution in [3.05, 3.63) is 76.9 Å². The van der Waals surface area contributed by atoms with E-state index in [1.54, 1.807) is 0 Å². The molecule has 0 atom stereocenters. The molecule has 1 aromatic heterocycles. The molecule has 0 amide bonds. The van der Waals surface area contributed by atoms with Crippen molar-refractivity contribution in [3.63, 3.8) is 0 Å². The minimum absolute atomic E-state index is 1.01. The summed E-state index contributed by atoms with van der Waals surface area (Å²) in [6.45, 7) is 8.53. The second-order valence-corrected chi connectivity index (χ2v) is 6.25. The van der Waals surface area contributed by atoms with E-state index in [0.29, 0.717) is 0 Å². The van der Waals surface area contributed by atoms with Gasteiger partial charge in [0, 0.05) is 22.1 Å². The molecule has 1 nitrogen and oxygen atoms in total. The first-order chi connectivity index (χ1) is 12.2. The summed E-state index contributed by atoms with van der Waals surface area (Å²) in [5.74, 6) is 0. The molecule has 0 bridgehead atoms.